The van der Waals surface area contributed by atoms with Crippen LogP contribution in [0.4, 0.5) is 0 Å². The molecule has 1 aliphatic heterocycles. The van der Waals surface area contributed by atoms with E-state index in [0.717, 1.165) is 0 Å². The van der Waals surface area contributed by atoms with Crippen LogP contribution in [0.3, 0.4) is 0 Å². The summed E-state index contributed by atoms with van der Waals surface area (Å²) >= 11 is 5.92. The molecule has 22 heavy (non-hydrogen) atoms. The zero-order chi connectivity index (χ0) is 16.3. The lowest BCUT2D eigenvalue weighted by Crippen LogP contribution is -2.46. The van der Waals surface area contributed by atoms with Gasteiger partial charge in [0.15, 0.2) is 0 Å². The second-order valence-electron chi connectivity index (χ2n) is 5.25. The molecule has 0 spiro atoms. The number of piperidine rings is 1. The maximum absolute atomic E-state index is 12.3. The molecule has 1 amide bonds. The maximum atomic E-state index is 12.3. The molecule has 0 radical (unpaired) electrons. The molecule has 1 heterocycles. The third-order valence-corrected chi connectivity index (χ3v) is 5.20. The molecule has 1 aliphatic rings. The van der Waals surface area contributed by atoms with E-state index in [0.29, 0.717) is 42.3 Å². The summed E-state index contributed by atoms with van der Waals surface area (Å²) in [6, 6.07) is 4.79. The zero-order valence-electron chi connectivity index (χ0n) is 12.5. The number of methoxy groups -OCH3 is 1. The van der Waals surface area contributed by atoms with Gasteiger partial charge >= 0.3 is 0 Å². The van der Waals surface area contributed by atoms with E-state index in [4.69, 9.17) is 16.3 Å². The molecule has 1 saturated heterocycles. The molecule has 1 N–H and O–H groups in total. The molecule has 1 fully saturated rings. The Morgan fingerprint density at radius 3 is 2.55 bits per heavy atom. The normalized spacial score (nSPS) is 17.2. The van der Waals surface area contributed by atoms with Gasteiger partial charge in [-0.05, 0) is 31.0 Å². The number of ether oxygens (including phenoxy) is 1. The van der Waals surface area contributed by atoms with Crippen LogP contribution in [-0.2, 0) is 10.0 Å². The summed E-state index contributed by atoms with van der Waals surface area (Å²) in [5.74, 6) is 0.188. The number of carbonyl (C=O) groups is 1. The number of sulfonamides is 1. The van der Waals surface area contributed by atoms with E-state index in [1.807, 2.05) is 0 Å². The molecule has 1 aromatic carbocycles. The molecule has 0 unspecified atom stereocenters. The van der Waals surface area contributed by atoms with Gasteiger partial charge in [-0.25, -0.2) is 12.7 Å². The summed E-state index contributed by atoms with van der Waals surface area (Å²) < 4.78 is 29.5. The van der Waals surface area contributed by atoms with E-state index in [-0.39, 0.29) is 11.9 Å². The molecule has 0 aromatic heterocycles. The molecular formula is C14H19ClN2O4S. The van der Waals surface area contributed by atoms with Crippen molar-refractivity contribution >= 4 is 27.5 Å². The highest BCUT2D eigenvalue weighted by atomic mass is 35.5. The first-order valence-corrected chi connectivity index (χ1v) is 9.13. The van der Waals surface area contributed by atoms with Crippen molar-refractivity contribution < 1.29 is 17.9 Å². The molecule has 0 aliphatic carbocycles. The van der Waals surface area contributed by atoms with Crippen molar-refractivity contribution in [3.8, 4) is 5.75 Å². The zero-order valence-corrected chi connectivity index (χ0v) is 14.1. The van der Waals surface area contributed by atoms with Gasteiger partial charge < -0.3 is 10.1 Å². The van der Waals surface area contributed by atoms with Gasteiger partial charge in [0.25, 0.3) is 5.91 Å². The van der Waals surface area contributed by atoms with Gasteiger partial charge in [-0.15, -0.1) is 0 Å². The number of halogens is 1. The van der Waals surface area contributed by atoms with Crippen LogP contribution in [0.2, 0.25) is 5.02 Å². The third kappa shape index (κ3) is 4.12. The fraction of sp³-hybridized carbons (Fsp3) is 0.500. The Morgan fingerprint density at radius 1 is 1.36 bits per heavy atom. The first-order valence-electron chi connectivity index (χ1n) is 6.91. The molecule has 1 aromatic rings. The SMILES string of the molecule is COc1ccc(Cl)cc1C(=O)NC1CCN(S(C)(=O)=O)CC1. The lowest BCUT2D eigenvalue weighted by atomic mass is 10.1. The van der Waals surface area contributed by atoms with Crippen molar-refractivity contribution in [2.75, 3.05) is 26.5 Å². The Balaban J connectivity index is 2.01. The number of nitrogens with zero attached hydrogens (tertiary/aromatic N) is 1. The average Bonchev–Trinajstić information content (AvgIpc) is 2.46. The van der Waals surface area contributed by atoms with E-state index in [9.17, 15) is 13.2 Å². The molecule has 8 heteroatoms. The van der Waals surface area contributed by atoms with Gasteiger partial charge in [0.05, 0.1) is 18.9 Å². The predicted octanol–water partition coefficient (Wildman–Crippen LogP) is 1.50. The second kappa shape index (κ2) is 6.85. The summed E-state index contributed by atoms with van der Waals surface area (Å²) in [5, 5.41) is 3.37. The van der Waals surface area contributed by atoms with Crippen LogP contribution in [0, 0.1) is 0 Å². The van der Waals surface area contributed by atoms with Gasteiger partial charge in [0.1, 0.15) is 5.75 Å². The fourth-order valence-corrected chi connectivity index (χ4v) is 3.50. The van der Waals surface area contributed by atoms with Crippen LogP contribution >= 0.6 is 11.6 Å². The van der Waals surface area contributed by atoms with Gasteiger partial charge in [-0.1, -0.05) is 11.6 Å². The molecular weight excluding hydrogens is 328 g/mol. The number of rotatable bonds is 4. The minimum Gasteiger partial charge on any atom is -0.496 e. The number of hydrogen-bond donors (Lipinski definition) is 1. The Kier molecular flexibility index (Phi) is 5.31. The average molecular weight is 347 g/mol. The highest BCUT2D eigenvalue weighted by Gasteiger charge is 2.26. The van der Waals surface area contributed by atoms with Gasteiger partial charge in [-0.3, -0.25) is 4.79 Å². The standard InChI is InChI=1S/C14H19ClN2O4S/c1-21-13-4-3-10(15)9-12(13)14(18)16-11-5-7-17(8-6-11)22(2,19)20/h3-4,9,11H,5-8H2,1-2H3,(H,16,18). The maximum Gasteiger partial charge on any atom is 0.255 e. The van der Waals surface area contributed by atoms with Crippen molar-refractivity contribution in [2.24, 2.45) is 0 Å². The molecule has 0 saturated carbocycles. The summed E-state index contributed by atoms with van der Waals surface area (Å²) in [4.78, 5) is 12.3. The largest absolute Gasteiger partial charge is 0.496 e. The fourth-order valence-electron chi connectivity index (χ4n) is 2.45. The van der Waals surface area contributed by atoms with Crippen molar-refractivity contribution in [1.29, 1.82) is 0 Å². The van der Waals surface area contributed by atoms with Gasteiger partial charge in [-0.2, -0.15) is 0 Å². The lowest BCUT2D eigenvalue weighted by molar-refractivity contribution is 0.0921. The molecule has 122 valence electrons. The van der Waals surface area contributed by atoms with Gasteiger partial charge in [0, 0.05) is 24.2 Å². The molecule has 0 bridgehead atoms. The van der Waals surface area contributed by atoms with Gasteiger partial charge in [0.2, 0.25) is 10.0 Å². The Bertz CT molecular complexity index is 655. The monoisotopic (exact) mass is 346 g/mol. The third-order valence-electron chi connectivity index (χ3n) is 3.66. The van der Waals surface area contributed by atoms with Crippen molar-refractivity contribution in [3.63, 3.8) is 0 Å². The number of benzene rings is 1. The van der Waals surface area contributed by atoms with E-state index < -0.39 is 10.0 Å². The van der Waals surface area contributed by atoms with E-state index in [2.05, 4.69) is 5.32 Å². The number of nitrogens with one attached hydrogen (secondary N) is 1. The van der Waals surface area contributed by atoms with Crippen LogP contribution < -0.4 is 10.1 Å². The van der Waals surface area contributed by atoms with Crippen molar-refractivity contribution in [1.82, 2.24) is 9.62 Å². The first kappa shape index (κ1) is 17.1. The predicted molar refractivity (Wildman–Crippen MR) is 84.9 cm³/mol. The van der Waals surface area contributed by atoms with Crippen LogP contribution in [0.15, 0.2) is 18.2 Å². The van der Waals surface area contributed by atoms with E-state index >= 15 is 0 Å². The molecule has 0 atom stereocenters. The Morgan fingerprint density at radius 2 is 2.00 bits per heavy atom. The van der Waals surface area contributed by atoms with E-state index in [1.54, 1.807) is 18.2 Å². The van der Waals surface area contributed by atoms with Crippen molar-refractivity contribution in [2.45, 2.75) is 18.9 Å². The van der Waals surface area contributed by atoms with Crippen molar-refractivity contribution in [3.05, 3.63) is 28.8 Å². The summed E-state index contributed by atoms with van der Waals surface area (Å²) in [6.07, 6.45) is 2.37. The highest BCUT2D eigenvalue weighted by molar-refractivity contribution is 7.88. The summed E-state index contributed by atoms with van der Waals surface area (Å²) in [7, 11) is -1.67. The van der Waals surface area contributed by atoms with Crippen LogP contribution in [-0.4, -0.2) is 51.1 Å². The number of hydrogen-bond acceptors (Lipinski definition) is 4. The van der Waals surface area contributed by atoms with Crippen LogP contribution in [0.1, 0.15) is 23.2 Å². The lowest BCUT2D eigenvalue weighted by Gasteiger charge is -2.30. The summed E-state index contributed by atoms with van der Waals surface area (Å²) in [6.45, 7) is 0.826. The van der Waals surface area contributed by atoms with Crippen LogP contribution in [0.25, 0.3) is 0 Å². The highest BCUT2D eigenvalue weighted by Crippen LogP contribution is 2.23. The quantitative estimate of drug-likeness (QED) is 0.896. The number of carbonyl (C=O) groups excluding carboxylic acids is 1. The van der Waals surface area contributed by atoms with E-state index in [1.165, 1.54) is 17.7 Å². The smallest absolute Gasteiger partial charge is 0.255 e. The molecule has 6 nitrogen and oxygen atoms in total. The first-order chi connectivity index (χ1) is 10.3. The Labute approximate surface area is 135 Å². The second-order valence-corrected chi connectivity index (χ2v) is 7.67. The topological polar surface area (TPSA) is 75.7 Å². The summed E-state index contributed by atoms with van der Waals surface area (Å²) in [5.41, 5.74) is 0.376. The minimum atomic E-state index is -3.16. The Hall–Kier alpha value is -1.31. The minimum absolute atomic E-state index is 0.0609. The number of amides is 1. The van der Waals surface area contributed by atoms with Crippen LogP contribution in [0.5, 0.6) is 5.75 Å². The molecule has 2 rings (SSSR count).